The minimum Gasteiger partial charge on any atom is -0.463 e. The fourth-order valence-electron chi connectivity index (χ4n) is 1.74. The zero-order valence-electron chi connectivity index (χ0n) is 11.2. The molecule has 0 saturated carbocycles. The van der Waals surface area contributed by atoms with Crippen LogP contribution in [0.4, 0.5) is 0 Å². The number of furan rings is 1. The Morgan fingerprint density at radius 2 is 2.25 bits per heavy atom. The van der Waals surface area contributed by atoms with E-state index in [4.69, 9.17) is 10.2 Å². The predicted octanol–water partition coefficient (Wildman–Crippen LogP) is 1.10. The Kier molecular flexibility index (Phi) is 4.37. The fourth-order valence-corrected chi connectivity index (χ4v) is 1.74. The lowest BCUT2D eigenvalue weighted by atomic mass is 10.2. The Labute approximate surface area is 116 Å². The van der Waals surface area contributed by atoms with Crippen LogP contribution in [0.5, 0.6) is 0 Å². The van der Waals surface area contributed by atoms with Crippen molar-refractivity contribution in [1.82, 2.24) is 10.3 Å². The summed E-state index contributed by atoms with van der Waals surface area (Å²) in [6.07, 6.45) is 2.18. The number of aromatic amines is 1. The number of aromatic nitrogens is 1. The van der Waals surface area contributed by atoms with E-state index in [-0.39, 0.29) is 11.6 Å². The van der Waals surface area contributed by atoms with Crippen molar-refractivity contribution in [3.63, 3.8) is 0 Å². The first kappa shape index (κ1) is 14.1. The molecule has 0 spiro atoms. The maximum atomic E-state index is 11.9. The van der Waals surface area contributed by atoms with E-state index in [1.54, 1.807) is 18.2 Å². The van der Waals surface area contributed by atoms with Crippen molar-refractivity contribution < 1.29 is 9.21 Å². The van der Waals surface area contributed by atoms with Crippen molar-refractivity contribution in [2.24, 2.45) is 5.73 Å². The molecule has 6 nitrogen and oxygen atoms in total. The van der Waals surface area contributed by atoms with Crippen LogP contribution >= 0.6 is 0 Å². The molecule has 0 saturated heterocycles. The Morgan fingerprint density at radius 1 is 1.45 bits per heavy atom. The van der Waals surface area contributed by atoms with Gasteiger partial charge < -0.3 is 20.5 Å². The molecule has 0 aliphatic rings. The summed E-state index contributed by atoms with van der Waals surface area (Å²) < 4.78 is 5.18. The molecule has 0 radical (unpaired) electrons. The number of H-pyrrole nitrogens is 1. The molecule has 6 heteroatoms. The van der Waals surface area contributed by atoms with Gasteiger partial charge in [0.2, 0.25) is 0 Å². The van der Waals surface area contributed by atoms with Gasteiger partial charge in [0.25, 0.3) is 11.5 Å². The molecule has 2 heterocycles. The smallest absolute Gasteiger partial charge is 0.261 e. The van der Waals surface area contributed by atoms with Crippen LogP contribution in [0, 0.1) is 0 Å². The summed E-state index contributed by atoms with van der Waals surface area (Å²) >= 11 is 0. The van der Waals surface area contributed by atoms with Gasteiger partial charge in [-0.3, -0.25) is 9.59 Å². The third-order valence-electron chi connectivity index (χ3n) is 2.83. The minimum absolute atomic E-state index is 0.00918. The summed E-state index contributed by atoms with van der Waals surface area (Å²) in [5.41, 5.74) is 5.75. The Bertz CT molecular complexity index is 629. The number of rotatable bonds is 5. The van der Waals surface area contributed by atoms with E-state index < -0.39 is 11.5 Å². The molecule has 1 amide bonds. The molecule has 0 aromatic carbocycles. The van der Waals surface area contributed by atoms with Gasteiger partial charge in [0.05, 0.1) is 12.0 Å². The van der Waals surface area contributed by atoms with E-state index in [2.05, 4.69) is 10.3 Å². The summed E-state index contributed by atoms with van der Waals surface area (Å²) in [5.74, 6) is 0.143. The molecule has 106 valence electrons. The molecule has 2 aromatic rings. The van der Waals surface area contributed by atoms with Gasteiger partial charge in [0.1, 0.15) is 11.3 Å². The second-order valence-electron chi connectivity index (χ2n) is 4.61. The molecule has 4 N–H and O–H groups in total. The SMILES string of the molecule is CC(N)CCNC(=O)c1ccc(-c2ccco2)[nH]c1=O. The van der Waals surface area contributed by atoms with Crippen LogP contribution in [0.25, 0.3) is 11.5 Å². The number of hydrogen-bond donors (Lipinski definition) is 3. The third-order valence-corrected chi connectivity index (χ3v) is 2.83. The van der Waals surface area contributed by atoms with Crippen LogP contribution in [0.1, 0.15) is 23.7 Å². The maximum absolute atomic E-state index is 11.9. The highest BCUT2D eigenvalue weighted by atomic mass is 16.3. The first-order valence-corrected chi connectivity index (χ1v) is 6.39. The molecule has 0 aliphatic carbocycles. The summed E-state index contributed by atoms with van der Waals surface area (Å²) in [6, 6.07) is 6.59. The van der Waals surface area contributed by atoms with Crippen molar-refractivity contribution in [1.29, 1.82) is 0 Å². The number of hydrogen-bond acceptors (Lipinski definition) is 4. The van der Waals surface area contributed by atoms with Crippen LogP contribution < -0.4 is 16.6 Å². The highest BCUT2D eigenvalue weighted by molar-refractivity contribution is 5.93. The van der Waals surface area contributed by atoms with Crippen molar-refractivity contribution >= 4 is 5.91 Å². The number of carbonyl (C=O) groups is 1. The van der Waals surface area contributed by atoms with E-state index in [0.717, 1.165) is 0 Å². The second-order valence-corrected chi connectivity index (χ2v) is 4.61. The van der Waals surface area contributed by atoms with Crippen molar-refractivity contribution in [2.45, 2.75) is 19.4 Å². The van der Waals surface area contributed by atoms with Crippen LogP contribution in [0.15, 0.2) is 39.7 Å². The van der Waals surface area contributed by atoms with Crippen molar-refractivity contribution in [3.8, 4) is 11.5 Å². The van der Waals surface area contributed by atoms with E-state index in [1.165, 1.54) is 12.3 Å². The summed E-state index contributed by atoms with van der Waals surface area (Å²) in [4.78, 5) is 26.4. The quantitative estimate of drug-likeness (QED) is 0.760. The van der Waals surface area contributed by atoms with Crippen LogP contribution in [0.3, 0.4) is 0 Å². The number of nitrogens with two attached hydrogens (primary N) is 1. The molecule has 20 heavy (non-hydrogen) atoms. The zero-order chi connectivity index (χ0) is 14.5. The van der Waals surface area contributed by atoms with Gasteiger partial charge >= 0.3 is 0 Å². The van der Waals surface area contributed by atoms with Crippen LogP contribution in [0.2, 0.25) is 0 Å². The monoisotopic (exact) mass is 275 g/mol. The molecular formula is C14H17N3O3. The molecule has 2 aromatic heterocycles. The van der Waals surface area contributed by atoms with E-state index >= 15 is 0 Å². The van der Waals surface area contributed by atoms with E-state index in [1.807, 2.05) is 6.92 Å². The highest BCUT2D eigenvalue weighted by Gasteiger charge is 2.11. The third kappa shape index (κ3) is 3.36. The maximum Gasteiger partial charge on any atom is 0.261 e. The summed E-state index contributed by atoms with van der Waals surface area (Å²) in [6.45, 7) is 2.30. The number of amides is 1. The second kappa shape index (κ2) is 6.21. The summed E-state index contributed by atoms with van der Waals surface area (Å²) in [7, 11) is 0. The van der Waals surface area contributed by atoms with E-state index in [9.17, 15) is 9.59 Å². The first-order chi connectivity index (χ1) is 9.58. The Morgan fingerprint density at radius 3 is 2.85 bits per heavy atom. The number of nitrogens with one attached hydrogen (secondary N) is 2. The van der Waals surface area contributed by atoms with Gasteiger partial charge in [-0.05, 0) is 37.6 Å². The average molecular weight is 275 g/mol. The summed E-state index contributed by atoms with van der Waals surface area (Å²) in [5, 5.41) is 2.66. The molecule has 1 unspecified atom stereocenters. The Hall–Kier alpha value is -2.34. The fraction of sp³-hybridized carbons (Fsp3) is 0.286. The van der Waals surface area contributed by atoms with Crippen molar-refractivity contribution in [3.05, 3.63) is 46.4 Å². The lowest BCUT2D eigenvalue weighted by Crippen LogP contribution is -2.32. The molecule has 2 rings (SSSR count). The van der Waals surface area contributed by atoms with Gasteiger partial charge in [-0.2, -0.15) is 0 Å². The number of pyridine rings is 1. The predicted molar refractivity (Wildman–Crippen MR) is 75.4 cm³/mol. The van der Waals surface area contributed by atoms with Gasteiger partial charge in [-0.15, -0.1) is 0 Å². The first-order valence-electron chi connectivity index (χ1n) is 6.39. The lowest BCUT2D eigenvalue weighted by Gasteiger charge is -2.07. The van der Waals surface area contributed by atoms with Gasteiger partial charge in [0.15, 0.2) is 0 Å². The van der Waals surface area contributed by atoms with Crippen molar-refractivity contribution in [2.75, 3.05) is 6.54 Å². The molecule has 1 atom stereocenters. The van der Waals surface area contributed by atoms with Gasteiger partial charge in [-0.25, -0.2) is 0 Å². The highest BCUT2D eigenvalue weighted by Crippen LogP contribution is 2.15. The average Bonchev–Trinajstić information content (AvgIpc) is 2.91. The topological polar surface area (TPSA) is 101 Å². The lowest BCUT2D eigenvalue weighted by molar-refractivity contribution is 0.0951. The normalized spacial score (nSPS) is 12.1. The molecule has 0 aliphatic heterocycles. The van der Waals surface area contributed by atoms with E-state index in [0.29, 0.717) is 24.4 Å². The molecular weight excluding hydrogens is 258 g/mol. The standard InChI is InChI=1S/C14H17N3O3/c1-9(15)6-7-16-13(18)10-4-5-11(17-14(10)19)12-3-2-8-20-12/h2-5,8-9H,6-7,15H2,1H3,(H,16,18)(H,17,19). The Balaban J connectivity index is 2.10. The molecule has 0 fully saturated rings. The minimum atomic E-state index is -0.447. The van der Waals surface area contributed by atoms with Gasteiger partial charge in [0, 0.05) is 12.6 Å². The number of carbonyl (C=O) groups excluding carboxylic acids is 1. The van der Waals surface area contributed by atoms with Gasteiger partial charge in [-0.1, -0.05) is 0 Å². The zero-order valence-corrected chi connectivity index (χ0v) is 11.2. The largest absolute Gasteiger partial charge is 0.463 e. The molecule has 0 bridgehead atoms. The van der Waals surface area contributed by atoms with Crippen LogP contribution in [-0.2, 0) is 0 Å². The van der Waals surface area contributed by atoms with Crippen LogP contribution in [-0.4, -0.2) is 23.5 Å².